The fourth-order valence-electron chi connectivity index (χ4n) is 2.48. The molecule has 0 bridgehead atoms. The van der Waals surface area contributed by atoms with E-state index in [4.69, 9.17) is 16.3 Å². The van der Waals surface area contributed by atoms with Crippen molar-refractivity contribution in [1.82, 2.24) is 9.97 Å². The first-order chi connectivity index (χ1) is 12.9. The molecule has 2 heterocycles. The molecule has 0 aliphatic rings. The van der Waals surface area contributed by atoms with Gasteiger partial charge in [-0.1, -0.05) is 11.6 Å². The number of ether oxygens (including phenoxy) is 1. The Balaban J connectivity index is 1.83. The predicted octanol–water partition coefficient (Wildman–Crippen LogP) is 4.49. The van der Waals surface area contributed by atoms with E-state index < -0.39 is 0 Å². The molecule has 0 fully saturated rings. The minimum atomic E-state index is -0.280. The predicted molar refractivity (Wildman–Crippen MR) is 110 cm³/mol. The molecule has 8 heteroatoms. The Morgan fingerprint density at radius 3 is 2.52 bits per heavy atom. The molecule has 0 atom stereocenters. The lowest BCUT2D eigenvalue weighted by Crippen LogP contribution is -2.15. The quantitative estimate of drug-likeness (QED) is 0.636. The molecule has 1 N–H and O–H groups in total. The van der Waals surface area contributed by atoms with Gasteiger partial charge in [-0.2, -0.15) is 0 Å². The van der Waals surface area contributed by atoms with Crippen LogP contribution in [0.3, 0.4) is 0 Å². The zero-order valence-corrected chi connectivity index (χ0v) is 17.0. The summed E-state index contributed by atoms with van der Waals surface area (Å²) in [6, 6.07) is 10.9. The summed E-state index contributed by atoms with van der Waals surface area (Å²) in [5, 5.41) is 3.64. The first-order valence-electron chi connectivity index (χ1n) is 8.15. The Morgan fingerprint density at radius 1 is 1.19 bits per heavy atom. The van der Waals surface area contributed by atoms with E-state index in [1.54, 1.807) is 18.1 Å². The highest BCUT2D eigenvalue weighted by Crippen LogP contribution is 2.31. The van der Waals surface area contributed by atoms with Crippen molar-refractivity contribution in [3.05, 3.63) is 52.0 Å². The van der Waals surface area contributed by atoms with Crippen LogP contribution in [-0.2, 0) is 0 Å². The molecule has 0 saturated carbocycles. The molecule has 3 rings (SSSR count). The zero-order chi connectivity index (χ0) is 19.6. The molecule has 0 radical (unpaired) electrons. The van der Waals surface area contributed by atoms with Gasteiger partial charge in [-0.15, -0.1) is 11.3 Å². The Morgan fingerprint density at radius 2 is 1.89 bits per heavy atom. The number of carbonyl (C=O) groups is 1. The van der Waals surface area contributed by atoms with Gasteiger partial charge in [0.25, 0.3) is 5.91 Å². The number of halogens is 1. The summed E-state index contributed by atoms with van der Waals surface area (Å²) in [6.45, 7) is 1.97. The minimum absolute atomic E-state index is 0.264. The third-order valence-electron chi connectivity index (χ3n) is 3.88. The Labute approximate surface area is 166 Å². The monoisotopic (exact) mass is 402 g/mol. The Bertz CT molecular complexity index is 970. The zero-order valence-electron chi connectivity index (χ0n) is 15.4. The molecule has 0 aliphatic heterocycles. The van der Waals surface area contributed by atoms with E-state index in [0.717, 1.165) is 21.9 Å². The first-order valence-corrected chi connectivity index (χ1v) is 9.35. The second kappa shape index (κ2) is 7.94. The number of rotatable bonds is 5. The fraction of sp³-hybridized carbons (Fsp3) is 0.211. The molecule has 1 aromatic carbocycles. The molecular weight excluding hydrogens is 384 g/mol. The van der Waals surface area contributed by atoms with Crippen molar-refractivity contribution in [2.24, 2.45) is 0 Å². The average molecular weight is 403 g/mol. The lowest BCUT2D eigenvalue weighted by atomic mass is 10.1. The van der Waals surface area contributed by atoms with Gasteiger partial charge in [0.2, 0.25) is 0 Å². The van der Waals surface area contributed by atoms with Crippen molar-refractivity contribution in [2.45, 2.75) is 6.92 Å². The molecule has 1 amide bonds. The third-order valence-corrected chi connectivity index (χ3v) is 4.96. The van der Waals surface area contributed by atoms with Crippen LogP contribution in [0.15, 0.2) is 36.4 Å². The maximum absolute atomic E-state index is 12.6. The van der Waals surface area contributed by atoms with E-state index in [1.165, 1.54) is 17.4 Å². The lowest BCUT2D eigenvalue weighted by molar-refractivity contribution is 0.102. The van der Waals surface area contributed by atoms with Crippen molar-refractivity contribution < 1.29 is 9.53 Å². The van der Waals surface area contributed by atoms with Crippen LogP contribution in [0, 0.1) is 6.92 Å². The van der Waals surface area contributed by atoms with Crippen LogP contribution in [0.5, 0.6) is 5.75 Å². The summed E-state index contributed by atoms with van der Waals surface area (Å²) < 4.78 is 5.18. The van der Waals surface area contributed by atoms with E-state index in [0.29, 0.717) is 16.5 Å². The van der Waals surface area contributed by atoms with Crippen LogP contribution in [-0.4, -0.2) is 37.1 Å². The van der Waals surface area contributed by atoms with Crippen LogP contribution in [0.25, 0.3) is 11.3 Å². The van der Waals surface area contributed by atoms with Crippen molar-refractivity contribution in [3.63, 3.8) is 0 Å². The van der Waals surface area contributed by atoms with E-state index in [1.807, 2.05) is 45.3 Å². The van der Waals surface area contributed by atoms with Crippen molar-refractivity contribution in [3.8, 4) is 17.0 Å². The van der Waals surface area contributed by atoms with Gasteiger partial charge < -0.3 is 9.64 Å². The maximum atomic E-state index is 12.6. The highest BCUT2D eigenvalue weighted by Gasteiger charge is 2.15. The number of hydrogen-bond donors (Lipinski definition) is 1. The van der Waals surface area contributed by atoms with Crippen LogP contribution in [0.2, 0.25) is 5.15 Å². The van der Waals surface area contributed by atoms with Crippen LogP contribution in [0.4, 0.5) is 10.9 Å². The number of nitrogens with zero attached hydrogens (tertiary/aromatic N) is 3. The molecule has 27 heavy (non-hydrogen) atoms. The Hall–Kier alpha value is -2.64. The van der Waals surface area contributed by atoms with Gasteiger partial charge in [0.15, 0.2) is 5.13 Å². The number of amides is 1. The summed E-state index contributed by atoms with van der Waals surface area (Å²) in [4.78, 5) is 24.2. The van der Waals surface area contributed by atoms with E-state index >= 15 is 0 Å². The average Bonchev–Trinajstić information content (AvgIpc) is 3.01. The molecule has 6 nitrogen and oxygen atoms in total. The molecule has 0 unspecified atom stereocenters. The van der Waals surface area contributed by atoms with Gasteiger partial charge in [0.05, 0.1) is 12.8 Å². The maximum Gasteiger partial charge on any atom is 0.257 e. The number of aromatic nitrogens is 2. The molecular formula is C19H19ClN4O2S. The minimum Gasteiger partial charge on any atom is -0.497 e. The molecule has 0 saturated heterocycles. The largest absolute Gasteiger partial charge is 0.497 e. The SMILES string of the molecule is COc1ccc(-c2nc(NC(=O)c3cc(Cl)nc(N(C)C)c3)sc2C)cc1. The molecule has 3 aromatic rings. The number of anilines is 2. The topological polar surface area (TPSA) is 67.3 Å². The van der Waals surface area contributed by atoms with Crippen LogP contribution < -0.4 is 15.0 Å². The van der Waals surface area contributed by atoms with Gasteiger partial charge in [0, 0.05) is 30.1 Å². The number of benzene rings is 1. The summed E-state index contributed by atoms with van der Waals surface area (Å²) in [5.74, 6) is 1.12. The van der Waals surface area contributed by atoms with E-state index in [9.17, 15) is 4.79 Å². The number of methoxy groups -OCH3 is 1. The van der Waals surface area contributed by atoms with Crippen LogP contribution >= 0.6 is 22.9 Å². The highest BCUT2D eigenvalue weighted by molar-refractivity contribution is 7.16. The first kappa shape index (κ1) is 19.1. The molecule has 0 spiro atoms. The van der Waals surface area contributed by atoms with Crippen LogP contribution in [0.1, 0.15) is 15.2 Å². The lowest BCUT2D eigenvalue weighted by Gasteiger charge is -2.12. The van der Waals surface area contributed by atoms with Gasteiger partial charge in [0.1, 0.15) is 16.7 Å². The second-order valence-corrected chi connectivity index (χ2v) is 7.63. The van der Waals surface area contributed by atoms with Crippen molar-refractivity contribution >= 4 is 39.8 Å². The smallest absolute Gasteiger partial charge is 0.257 e. The van der Waals surface area contributed by atoms with Crippen molar-refractivity contribution in [1.29, 1.82) is 0 Å². The van der Waals surface area contributed by atoms with Crippen molar-refractivity contribution in [2.75, 3.05) is 31.4 Å². The number of carbonyl (C=O) groups excluding carboxylic acids is 1. The molecule has 0 aliphatic carbocycles. The summed E-state index contributed by atoms with van der Waals surface area (Å²) >= 11 is 7.46. The molecule has 140 valence electrons. The summed E-state index contributed by atoms with van der Waals surface area (Å²) in [7, 11) is 5.31. The van der Waals surface area contributed by atoms with Gasteiger partial charge >= 0.3 is 0 Å². The second-order valence-electron chi connectivity index (χ2n) is 6.04. The number of thiazole rings is 1. The van der Waals surface area contributed by atoms with Gasteiger partial charge in [-0.25, -0.2) is 9.97 Å². The summed E-state index contributed by atoms with van der Waals surface area (Å²) in [6.07, 6.45) is 0. The highest BCUT2D eigenvalue weighted by atomic mass is 35.5. The normalized spacial score (nSPS) is 10.6. The fourth-order valence-corrected chi connectivity index (χ4v) is 3.51. The van der Waals surface area contributed by atoms with Gasteiger partial charge in [-0.05, 0) is 43.3 Å². The summed E-state index contributed by atoms with van der Waals surface area (Å²) in [5.41, 5.74) is 2.23. The number of pyridine rings is 1. The van der Waals surface area contributed by atoms with E-state index in [-0.39, 0.29) is 11.1 Å². The number of nitrogens with one attached hydrogen (secondary N) is 1. The van der Waals surface area contributed by atoms with E-state index in [2.05, 4.69) is 15.3 Å². The molecule has 2 aromatic heterocycles. The standard InChI is InChI=1S/C19H19ClN4O2S/c1-11-17(12-5-7-14(26-4)8-6-12)22-19(27-11)23-18(25)13-9-15(20)21-16(10-13)24(2)3/h5-10H,1-4H3,(H,22,23,25). The van der Waals surface area contributed by atoms with Gasteiger partial charge in [-0.3, -0.25) is 10.1 Å². The number of hydrogen-bond acceptors (Lipinski definition) is 6. The Kier molecular flexibility index (Phi) is 5.62. The third kappa shape index (κ3) is 4.37. The number of aryl methyl sites for hydroxylation is 1.